The van der Waals surface area contributed by atoms with E-state index in [0.29, 0.717) is 23.6 Å². The van der Waals surface area contributed by atoms with Crippen LogP contribution in [0, 0.1) is 6.92 Å². The minimum Gasteiger partial charge on any atom is -0.397 e. The number of pyridine rings is 1. The number of rotatable bonds is 2. The zero-order chi connectivity index (χ0) is 15.0. The van der Waals surface area contributed by atoms with E-state index in [1.165, 1.54) is 6.20 Å². The summed E-state index contributed by atoms with van der Waals surface area (Å²) in [5.74, 6) is 0.516. The molecule has 1 amide bonds. The molecule has 0 radical (unpaired) electrons. The second-order valence-electron chi connectivity index (χ2n) is 5.13. The minimum atomic E-state index is -0.184. The van der Waals surface area contributed by atoms with Crippen LogP contribution in [0.4, 0.5) is 5.69 Å². The fraction of sp³-hybridized carbons (Fsp3) is 0.357. The third-order valence-electron chi connectivity index (χ3n) is 3.58. The summed E-state index contributed by atoms with van der Waals surface area (Å²) in [4.78, 5) is 18.4. The van der Waals surface area contributed by atoms with E-state index in [9.17, 15) is 4.79 Å². The first-order valence-electron chi connectivity index (χ1n) is 6.71. The molecule has 2 aromatic rings. The molecule has 1 aliphatic heterocycles. The molecule has 7 heteroatoms. The van der Waals surface area contributed by atoms with Crippen molar-refractivity contribution in [2.45, 2.75) is 25.8 Å². The Balaban J connectivity index is 1.91. The highest BCUT2D eigenvalue weighted by Gasteiger charge is 2.34. The first-order chi connectivity index (χ1) is 10.1. The fourth-order valence-corrected chi connectivity index (χ4v) is 2.80. The highest BCUT2D eigenvalue weighted by Crippen LogP contribution is 2.34. The quantitative estimate of drug-likeness (QED) is 0.862. The molecule has 1 aliphatic rings. The molecule has 2 aromatic heterocycles. The first-order valence-corrected chi connectivity index (χ1v) is 7.09. The van der Waals surface area contributed by atoms with E-state index in [1.807, 2.05) is 13.0 Å². The lowest BCUT2D eigenvalue weighted by Gasteiger charge is -2.23. The van der Waals surface area contributed by atoms with Gasteiger partial charge in [-0.2, -0.15) is 0 Å². The summed E-state index contributed by atoms with van der Waals surface area (Å²) in [5, 5.41) is 4.05. The molecule has 1 fully saturated rings. The van der Waals surface area contributed by atoms with Crippen molar-refractivity contribution in [3.63, 3.8) is 0 Å². The molecule has 3 heterocycles. The molecule has 2 N–H and O–H groups in total. The molecule has 0 aliphatic carbocycles. The van der Waals surface area contributed by atoms with Gasteiger partial charge in [0.1, 0.15) is 5.15 Å². The Kier molecular flexibility index (Phi) is 3.55. The Morgan fingerprint density at radius 2 is 2.33 bits per heavy atom. The van der Waals surface area contributed by atoms with Crippen molar-refractivity contribution >= 4 is 23.2 Å². The van der Waals surface area contributed by atoms with Crippen LogP contribution >= 0.6 is 11.6 Å². The Bertz CT molecular complexity index is 685. The lowest BCUT2D eigenvalue weighted by molar-refractivity contribution is 0.0714. The summed E-state index contributed by atoms with van der Waals surface area (Å²) in [6.45, 7) is 2.50. The van der Waals surface area contributed by atoms with Crippen molar-refractivity contribution in [1.82, 2.24) is 15.0 Å². The number of nitrogen functional groups attached to an aromatic ring is 1. The third kappa shape index (κ3) is 2.58. The minimum absolute atomic E-state index is 0.115. The highest BCUT2D eigenvalue weighted by molar-refractivity contribution is 6.32. The summed E-state index contributed by atoms with van der Waals surface area (Å²) in [6, 6.07) is 3.30. The van der Waals surface area contributed by atoms with E-state index in [-0.39, 0.29) is 17.1 Å². The van der Waals surface area contributed by atoms with Crippen LogP contribution in [0.1, 0.15) is 40.7 Å². The summed E-state index contributed by atoms with van der Waals surface area (Å²) in [5.41, 5.74) is 7.22. The van der Waals surface area contributed by atoms with Crippen LogP contribution < -0.4 is 5.73 Å². The van der Waals surface area contributed by atoms with E-state index in [4.69, 9.17) is 21.9 Å². The standard InChI is InChI=1S/C14H15ClN4O2/c1-8-5-12(21-18-8)11-3-2-4-19(11)14(20)10-6-9(16)7-17-13(10)15/h5-7,11H,2-4,16H2,1H3. The van der Waals surface area contributed by atoms with Crippen LogP contribution in [0.3, 0.4) is 0 Å². The van der Waals surface area contributed by atoms with Gasteiger partial charge < -0.3 is 15.2 Å². The van der Waals surface area contributed by atoms with Gasteiger partial charge in [-0.1, -0.05) is 16.8 Å². The number of hydrogen-bond donors (Lipinski definition) is 1. The molecule has 0 saturated carbocycles. The number of aryl methyl sites for hydroxylation is 1. The van der Waals surface area contributed by atoms with Crippen LogP contribution in [0.2, 0.25) is 5.15 Å². The monoisotopic (exact) mass is 306 g/mol. The average Bonchev–Trinajstić information content (AvgIpc) is 3.09. The van der Waals surface area contributed by atoms with Gasteiger partial charge in [0.2, 0.25) is 0 Å². The van der Waals surface area contributed by atoms with Crippen molar-refractivity contribution in [2.75, 3.05) is 12.3 Å². The molecule has 21 heavy (non-hydrogen) atoms. The Hall–Kier alpha value is -2.08. The third-order valence-corrected chi connectivity index (χ3v) is 3.88. The predicted molar refractivity (Wildman–Crippen MR) is 77.9 cm³/mol. The SMILES string of the molecule is Cc1cc(C2CCCN2C(=O)c2cc(N)cnc2Cl)on1. The van der Waals surface area contributed by atoms with Gasteiger partial charge in [0.15, 0.2) is 5.76 Å². The van der Waals surface area contributed by atoms with Gasteiger partial charge in [-0.25, -0.2) is 4.98 Å². The maximum absolute atomic E-state index is 12.7. The molecule has 1 atom stereocenters. The number of anilines is 1. The van der Waals surface area contributed by atoms with Crippen molar-refractivity contribution in [3.8, 4) is 0 Å². The van der Waals surface area contributed by atoms with Crippen LogP contribution in [0.25, 0.3) is 0 Å². The van der Waals surface area contributed by atoms with Gasteiger partial charge in [0, 0.05) is 12.6 Å². The summed E-state index contributed by atoms with van der Waals surface area (Å²) in [7, 11) is 0. The average molecular weight is 307 g/mol. The number of nitrogens with zero attached hydrogens (tertiary/aromatic N) is 3. The number of carbonyl (C=O) groups is 1. The van der Waals surface area contributed by atoms with Gasteiger partial charge in [-0.05, 0) is 25.8 Å². The van der Waals surface area contributed by atoms with E-state index in [2.05, 4.69) is 10.1 Å². The smallest absolute Gasteiger partial charge is 0.257 e. The number of amides is 1. The number of halogens is 1. The van der Waals surface area contributed by atoms with E-state index in [0.717, 1.165) is 18.5 Å². The largest absolute Gasteiger partial charge is 0.397 e. The maximum atomic E-state index is 12.7. The Morgan fingerprint density at radius 3 is 3.05 bits per heavy atom. The van der Waals surface area contributed by atoms with Gasteiger partial charge in [0.05, 0.1) is 29.2 Å². The fourth-order valence-electron chi connectivity index (χ4n) is 2.61. The van der Waals surface area contributed by atoms with Crippen LogP contribution in [-0.4, -0.2) is 27.5 Å². The van der Waals surface area contributed by atoms with Crippen LogP contribution in [0.15, 0.2) is 22.9 Å². The normalized spacial score (nSPS) is 18.2. The first kappa shape index (κ1) is 13.9. The van der Waals surface area contributed by atoms with Crippen LogP contribution in [0.5, 0.6) is 0 Å². The topological polar surface area (TPSA) is 85.2 Å². The molecule has 3 rings (SSSR count). The maximum Gasteiger partial charge on any atom is 0.257 e. The van der Waals surface area contributed by atoms with E-state index in [1.54, 1.807) is 11.0 Å². The number of hydrogen-bond acceptors (Lipinski definition) is 5. The van der Waals surface area contributed by atoms with E-state index < -0.39 is 0 Å². The number of likely N-dealkylation sites (tertiary alicyclic amines) is 1. The summed E-state index contributed by atoms with van der Waals surface area (Å²) in [6.07, 6.45) is 3.18. The van der Waals surface area contributed by atoms with Crippen molar-refractivity contribution in [3.05, 3.63) is 40.5 Å². The van der Waals surface area contributed by atoms with Gasteiger partial charge in [-0.3, -0.25) is 4.79 Å². The Morgan fingerprint density at radius 1 is 1.52 bits per heavy atom. The number of nitrogens with two attached hydrogens (primary N) is 1. The second kappa shape index (κ2) is 5.37. The van der Waals surface area contributed by atoms with Crippen molar-refractivity contribution in [1.29, 1.82) is 0 Å². The molecule has 110 valence electrons. The van der Waals surface area contributed by atoms with Crippen molar-refractivity contribution < 1.29 is 9.32 Å². The summed E-state index contributed by atoms with van der Waals surface area (Å²) < 4.78 is 5.30. The number of carbonyl (C=O) groups excluding carboxylic acids is 1. The van der Waals surface area contributed by atoms with Crippen LogP contribution in [-0.2, 0) is 0 Å². The molecule has 0 spiro atoms. The molecular formula is C14H15ClN4O2. The van der Waals surface area contributed by atoms with Crippen molar-refractivity contribution in [2.24, 2.45) is 0 Å². The second-order valence-corrected chi connectivity index (χ2v) is 5.49. The van der Waals surface area contributed by atoms with Gasteiger partial charge in [-0.15, -0.1) is 0 Å². The molecule has 0 bridgehead atoms. The van der Waals surface area contributed by atoms with Gasteiger partial charge >= 0.3 is 0 Å². The molecule has 1 saturated heterocycles. The molecule has 0 aromatic carbocycles. The lowest BCUT2D eigenvalue weighted by atomic mass is 10.1. The summed E-state index contributed by atoms with van der Waals surface area (Å²) >= 11 is 6.02. The zero-order valence-corrected chi connectivity index (χ0v) is 12.3. The van der Waals surface area contributed by atoms with Gasteiger partial charge in [0.25, 0.3) is 5.91 Å². The molecular weight excluding hydrogens is 292 g/mol. The zero-order valence-electron chi connectivity index (χ0n) is 11.5. The molecule has 1 unspecified atom stereocenters. The van der Waals surface area contributed by atoms with E-state index >= 15 is 0 Å². The number of aromatic nitrogens is 2. The lowest BCUT2D eigenvalue weighted by Crippen LogP contribution is -2.30. The predicted octanol–water partition coefficient (Wildman–Crippen LogP) is 2.59. The Labute approximate surface area is 126 Å². The highest BCUT2D eigenvalue weighted by atomic mass is 35.5. The molecule has 6 nitrogen and oxygen atoms in total.